The number of nitrogens with one attached hydrogen (secondary N) is 1. The summed E-state index contributed by atoms with van der Waals surface area (Å²) in [4.78, 5) is 23.6. The number of para-hydroxylation sites is 1. The molecule has 0 atom stereocenters. The largest absolute Gasteiger partial charge is 0.350 e. The summed E-state index contributed by atoms with van der Waals surface area (Å²) < 4.78 is 0. The molecule has 0 fully saturated rings. The Balaban J connectivity index is 2.62. The van der Waals surface area contributed by atoms with Crippen molar-refractivity contribution < 1.29 is 4.79 Å². The Morgan fingerprint density at radius 3 is 2.77 bits per heavy atom. The van der Waals surface area contributed by atoms with E-state index >= 15 is 0 Å². The summed E-state index contributed by atoms with van der Waals surface area (Å²) in [5.74, 6) is -0.767. The van der Waals surface area contributed by atoms with Crippen LogP contribution in [-0.2, 0) is 0 Å². The number of hydrogen-bond donors (Lipinski definition) is 1. The predicted molar refractivity (Wildman–Crippen MR) is 48.4 cm³/mol. The third-order valence-corrected chi connectivity index (χ3v) is 1.84. The van der Waals surface area contributed by atoms with Crippen molar-refractivity contribution in [2.45, 2.75) is 0 Å². The van der Waals surface area contributed by atoms with E-state index in [0.717, 1.165) is 10.9 Å². The number of nitrogens with zero attached hydrogens (tertiary/aromatic N) is 1. The maximum atomic E-state index is 10.9. The summed E-state index contributed by atoms with van der Waals surface area (Å²) in [6.07, 6.45) is 0. The first-order valence-corrected chi connectivity index (χ1v) is 3.77. The van der Waals surface area contributed by atoms with Crippen LogP contribution in [0.4, 0.5) is 0 Å². The molecule has 0 aliphatic rings. The van der Waals surface area contributed by atoms with Gasteiger partial charge in [0.1, 0.15) is 5.69 Å². The lowest BCUT2D eigenvalue weighted by Crippen LogP contribution is -1.91. The number of carbonyl (C=O) groups excluding carboxylic acids is 1. The summed E-state index contributed by atoms with van der Waals surface area (Å²) in [5.41, 5.74) is 1.06. The minimum atomic E-state index is -0.767. The smallest absolute Gasteiger partial charge is 0.332 e. The van der Waals surface area contributed by atoms with Crippen molar-refractivity contribution in [3.05, 3.63) is 40.9 Å². The number of aromatic nitrogens is 1. The molecule has 1 heterocycles. The monoisotopic (exact) mass is 174 g/mol. The zero-order valence-electron chi connectivity index (χ0n) is 6.65. The molecule has 13 heavy (non-hydrogen) atoms. The van der Waals surface area contributed by atoms with Crippen molar-refractivity contribution in [2.24, 2.45) is 5.18 Å². The molecule has 0 radical (unpaired) electrons. The van der Waals surface area contributed by atoms with Gasteiger partial charge in [-0.3, -0.25) is 4.79 Å². The van der Waals surface area contributed by atoms with Gasteiger partial charge < -0.3 is 4.98 Å². The molecule has 0 aliphatic heterocycles. The van der Waals surface area contributed by atoms with Crippen LogP contribution in [0.5, 0.6) is 0 Å². The maximum Gasteiger partial charge on any atom is 0.332 e. The summed E-state index contributed by atoms with van der Waals surface area (Å²) in [7, 11) is 0. The number of hydrogen-bond acceptors (Lipinski definition) is 2. The zero-order chi connectivity index (χ0) is 9.26. The fourth-order valence-electron chi connectivity index (χ4n) is 1.24. The molecular formula is C9H6N2O2. The summed E-state index contributed by atoms with van der Waals surface area (Å²) in [6.45, 7) is 0. The molecule has 1 N–H and O–H groups in total. The van der Waals surface area contributed by atoms with Gasteiger partial charge >= 0.3 is 5.91 Å². The van der Waals surface area contributed by atoms with E-state index in [9.17, 15) is 9.70 Å². The number of nitroso groups, excluding NO2 is 1. The van der Waals surface area contributed by atoms with Gasteiger partial charge in [0.2, 0.25) is 0 Å². The predicted octanol–water partition coefficient (Wildman–Crippen LogP) is 2.07. The molecule has 0 saturated heterocycles. The number of rotatable bonds is 1. The van der Waals surface area contributed by atoms with Crippen molar-refractivity contribution >= 4 is 16.8 Å². The third kappa shape index (κ3) is 1.22. The lowest BCUT2D eigenvalue weighted by Gasteiger charge is -1.84. The van der Waals surface area contributed by atoms with Crippen LogP contribution in [0.15, 0.2) is 35.5 Å². The Bertz CT molecular complexity index is 440. The second kappa shape index (κ2) is 2.82. The van der Waals surface area contributed by atoms with Crippen LogP contribution in [0, 0.1) is 4.91 Å². The molecule has 2 rings (SSSR count). The zero-order valence-corrected chi connectivity index (χ0v) is 6.65. The van der Waals surface area contributed by atoms with Gasteiger partial charge in [-0.2, -0.15) is 0 Å². The molecule has 2 aromatic rings. The van der Waals surface area contributed by atoms with Crippen LogP contribution < -0.4 is 0 Å². The van der Waals surface area contributed by atoms with Gasteiger partial charge in [0.05, 0.1) is 0 Å². The van der Waals surface area contributed by atoms with Gasteiger partial charge in [0, 0.05) is 16.1 Å². The van der Waals surface area contributed by atoms with Gasteiger partial charge in [-0.25, -0.2) is 0 Å². The van der Waals surface area contributed by atoms with Gasteiger partial charge in [0.15, 0.2) is 0 Å². The van der Waals surface area contributed by atoms with Crippen molar-refractivity contribution in [3.8, 4) is 0 Å². The van der Waals surface area contributed by atoms with Crippen molar-refractivity contribution in [1.29, 1.82) is 0 Å². The van der Waals surface area contributed by atoms with E-state index in [-0.39, 0.29) is 5.69 Å². The molecule has 0 unspecified atom stereocenters. The van der Waals surface area contributed by atoms with Crippen LogP contribution in [-0.4, -0.2) is 10.9 Å². The first kappa shape index (κ1) is 7.67. The number of carbonyl (C=O) groups is 1. The minimum absolute atomic E-state index is 0.233. The maximum absolute atomic E-state index is 10.9. The number of benzene rings is 1. The fraction of sp³-hybridized carbons (Fsp3) is 0. The fourth-order valence-corrected chi connectivity index (χ4v) is 1.24. The first-order valence-electron chi connectivity index (χ1n) is 3.77. The van der Waals surface area contributed by atoms with Gasteiger partial charge in [-0.15, -0.1) is 4.91 Å². The summed E-state index contributed by atoms with van der Waals surface area (Å²) in [6, 6.07) is 9.00. The second-order valence-electron chi connectivity index (χ2n) is 2.67. The Morgan fingerprint density at radius 2 is 2.08 bits per heavy atom. The van der Waals surface area contributed by atoms with E-state index in [4.69, 9.17) is 0 Å². The lowest BCUT2D eigenvalue weighted by molar-refractivity contribution is 0.0997. The van der Waals surface area contributed by atoms with Gasteiger partial charge in [-0.1, -0.05) is 18.2 Å². The molecule has 1 amide bonds. The Morgan fingerprint density at radius 1 is 1.31 bits per heavy atom. The molecule has 1 aromatic heterocycles. The molecule has 0 aliphatic carbocycles. The SMILES string of the molecule is O=NC(=O)c1cc2ccccc2[nH]1. The highest BCUT2D eigenvalue weighted by atomic mass is 16.3. The van der Waals surface area contributed by atoms with E-state index in [1.165, 1.54) is 0 Å². The van der Waals surface area contributed by atoms with Gasteiger partial charge in [0.25, 0.3) is 0 Å². The van der Waals surface area contributed by atoms with E-state index < -0.39 is 5.91 Å². The first-order chi connectivity index (χ1) is 6.31. The van der Waals surface area contributed by atoms with Crippen molar-refractivity contribution in [1.82, 2.24) is 4.98 Å². The molecule has 4 heteroatoms. The second-order valence-corrected chi connectivity index (χ2v) is 2.67. The summed E-state index contributed by atoms with van der Waals surface area (Å²) in [5, 5.41) is 3.23. The standard InChI is InChI=1S/C9H6N2O2/c12-9(11-13)8-5-6-3-1-2-4-7(6)10-8/h1-5,10H. The molecule has 0 spiro atoms. The molecular weight excluding hydrogens is 168 g/mol. The van der Waals surface area contributed by atoms with E-state index in [2.05, 4.69) is 10.2 Å². The van der Waals surface area contributed by atoms with Crippen molar-refractivity contribution in [3.63, 3.8) is 0 Å². The normalized spacial score (nSPS) is 10.2. The quantitative estimate of drug-likeness (QED) is 0.672. The average molecular weight is 174 g/mol. The van der Waals surface area contributed by atoms with E-state index in [1.807, 2.05) is 24.3 Å². The highest BCUT2D eigenvalue weighted by Crippen LogP contribution is 2.14. The highest BCUT2D eigenvalue weighted by Gasteiger charge is 2.08. The Labute approximate surface area is 73.5 Å². The number of amides is 1. The van der Waals surface area contributed by atoms with Crippen LogP contribution in [0.1, 0.15) is 10.5 Å². The average Bonchev–Trinajstić information content (AvgIpc) is 2.59. The topological polar surface area (TPSA) is 62.3 Å². The number of H-pyrrole nitrogens is 1. The van der Waals surface area contributed by atoms with Crippen LogP contribution >= 0.6 is 0 Å². The molecule has 4 nitrogen and oxygen atoms in total. The van der Waals surface area contributed by atoms with Crippen LogP contribution in [0.3, 0.4) is 0 Å². The Kier molecular flexibility index (Phi) is 1.66. The van der Waals surface area contributed by atoms with Gasteiger partial charge in [-0.05, 0) is 12.1 Å². The number of fused-ring (bicyclic) bond motifs is 1. The molecule has 1 aromatic carbocycles. The number of aromatic amines is 1. The Hall–Kier alpha value is -1.97. The molecule has 64 valence electrons. The van der Waals surface area contributed by atoms with Crippen molar-refractivity contribution in [2.75, 3.05) is 0 Å². The van der Waals surface area contributed by atoms with Crippen LogP contribution in [0.25, 0.3) is 10.9 Å². The summed E-state index contributed by atoms with van der Waals surface area (Å²) >= 11 is 0. The highest BCUT2D eigenvalue weighted by molar-refractivity contribution is 5.98. The minimum Gasteiger partial charge on any atom is -0.350 e. The lowest BCUT2D eigenvalue weighted by atomic mass is 10.2. The third-order valence-electron chi connectivity index (χ3n) is 1.84. The van der Waals surface area contributed by atoms with E-state index in [0.29, 0.717) is 0 Å². The van der Waals surface area contributed by atoms with Crippen LogP contribution in [0.2, 0.25) is 0 Å². The molecule has 0 saturated carbocycles. The molecule has 0 bridgehead atoms. The van der Waals surface area contributed by atoms with E-state index in [1.54, 1.807) is 6.07 Å².